The summed E-state index contributed by atoms with van der Waals surface area (Å²) >= 11 is 0. The molecule has 5 unspecified atom stereocenters. The fraction of sp³-hybridized carbons (Fsp3) is 0.909. The van der Waals surface area contributed by atoms with E-state index >= 15 is 0 Å². The van der Waals surface area contributed by atoms with E-state index in [1.807, 2.05) is 4.90 Å². The Morgan fingerprint density at radius 2 is 2.33 bits per heavy atom. The van der Waals surface area contributed by atoms with Crippen molar-refractivity contribution in [3.8, 4) is 0 Å². The molecule has 0 aliphatic carbocycles. The van der Waals surface area contributed by atoms with Gasteiger partial charge < -0.3 is 15.2 Å². The van der Waals surface area contributed by atoms with Crippen LogP contribution in [0.5, 0.6) is 0 Å². The number of nitrogens with one attached hydrogen (secondary N) is 3. The molecule has 3 heterocycles. The highest BCUT2D eigenvalue weighted by Crippen LogP contribution is 2.28. The molecule has 0 saturated carbocycles. The Labute approximate surface area is 106 Å². The maximum Gasteiger partial charge on any atom is 0.241 e. The second kappa shape index (κ2) is 4.75. The maximum absolute atomic E-state index is 11.7. The minimum absolute atomic E-state index is 0.000721. The Morgan fingerprint density at radius 1 is 1.50 bits per heavy atom. The van der Waals surface area contributed by atoms with Crippen LogP contribution in [0.25, 0.3) is 0 Å². The van der Waals surface area contributed by atoms with Crippen molar-refractivity contribution < 1.29 is 14.6 Å². The molecule has 5 atom stereocenters. The highest BCUT2D eigenvalue weighted by atomic mass is 16.5. The van der Waals surface area contributed by atoms with Gasteiger partial charge in [-0.05, 0) is 6.42 Å². The number of aliphatic hydroxyl groups excluding tert-OH is 1. The lowest BCUT2D eigenvalue weighted by Gasteiger charge is -2.35. The zero-order valence-electron chi connectivity index (χ0n) is 10.4. The molecule has 0 aromatic carbocycles. The molecule has 3 saturated heterocycles. The fourth-order valence-electron chi connectivity index (χ4n) is 2.97. The van der Waals surface area contributed by atoms with E-state index in [0.29, 0.717) is 19.8 Å². The molecule has 4 N–H and O–H groups in total. The second-order valence-electron chi connectivity index (χ2n) is 5.08. The Kier molecular flexibility index (Phi) is 3.25. The van der Waals surface area contributed by atoms with Crippen molar-refractivity contribution in [1.29, 1.82) is 0 Å². The first-order valence-electron chi connectivity index (χ1n) is 6.54. The predicted octanol–water partition coefficient (Wildman–Crippen LogP) is -1.89. The summed E-state index contributed by atoms with van der Waals surface area (Å²) in [5.74, 6) is 0.000721. The molecule has 3 fully saturated rings. The van der Waals surface area contributed by atoms with E-state index in [0.717, 1.165) is 6.42 Å². The third-order valence-electron chi connectivity index (χ3n) is 3.97. The predicted molar refractivity (Wildman–Crippen MR) is 63.1 cm³/mol. The highest BCUT2D eigenvalue weighted by molar-refractivity contribution is 5.83. The molecule has 3 aliphatic rings. The van der Waals surface area contributed by atoms with Crippen molar-refractivity contribution in [3.05, 3.63) is 0 Å². The summed E-state index contributed by atoms with van der Waals surface area (Å²) in [4.78, 5) is 13.7. The molecule has 0 bridgehead atoms. The molecule has 102 valence electrons. The molecule has 7 nitrogen and oxygen atoms in total. The molecule has 0 radical (unpaired) electrons. The Balaban J connectivity index is 1.72. The molecule has 0 aromatic rings. The monoisotopic (exact) mass is 256 g/mol. The van der Waals surface area contributed by atoms with Crippen molar-refractivity contribution in [3.63, 3.8) is 0 Å². The molecule has 0 spiro atoms. The number of hydrogen-bond acceptors (Lipinski definition) is 6. The zero-order valence-corrected chi connectivity index (χ0v) is 10.4. The van der Waals surface area contributed by atoms with Crippen LogP contribution in [0.1, 0.15) is 19.8 Å². The minimum Gasteiger partial charge on any atom is -0.389 e. The van der Waals surface area contributed by atoms with E-state index in [-0.39, 0.29) is 30.4 Å². The van der Waals surface area contributed by atoms with Crippen LogP contribution in [0.15, 0.2) is 0 Å². The molecule has 3 aliphatic heterocycles. The number of rotatable bonds is 2. The van der Waals surface area contributed by atoms with E-state index in [4.69, 9.17) is 4.74 Å². The van der Waals surface area contributed by atoms with E-state index in [9.17, 15) is 9.90 Å². The summed E-state index contributed by atoms with van der Waals surface area (Å²) in [5.41, 5.74) is 0. The van der Waals surface area contributed by atoms with Crippen LogP contribution in [0, 0.1) is 0 Å². The number of aliphatic hydroxyl groups is 1. The van der Waals surface area contributed by atoms with Crippen molar-refractivity contribution >= 4 is 5.91 Å². The summed E-state index contributed by atoms with van der Waals surface area (Å²) < 4.78 is 5.86. The molecule has 3 rings (SSSR count). The van der Waals surface area contributed by atoms with Gasteiger partial charge in [0, 0.05) is 6.42 Å². The van der Waals surface area contributed by atoms with Crippen LogP contribution in [0.2, 0.25) is 0 Å². The number of carbonyl (C=O) groups excluding carboxylic acids is 1. The average molecular weight is 256 g/mol. The van der Waals surface area contributed by atoms with Gasteiger partial charge in [0.15, 0.2) is 0 Å². The number of nitrogens with zero attached hydrogens (tertiary/aromatic N) is 1. The van der Waals surface area contributed by atoms with Gasteiger partial charge in [-0.25, -0.2) is 4.90 Å². The minimum atomic E-state index is -0.484. The van der Waals surface area contributed by atoms with Gasteiger partial charge in [-0.1, -0.05) is 6.92 Å². The van der Waals surface area contributed by atoms with Crippen LogP contribution in [0.4, 0.5) is 0 Å². The first-order chi connectivity index (χ1) is 8.70. The largest absolute Gasteiger partial charge is 0.389 e. The summed E-state index contributed by atoms with van der Waals surface area (Å²) in [7, 11) is 0. The average Bonchev–Trinajstić information content (AvgIpc) is 2.93. The Hall–Kier alpha value is -0.730. The van der Waals surface area contributed by atoms with Crippen LogP contribution < -0.4 is 16.0 Å². The van der Waals surface area contributed by atoms with E-state index in [1.165, 1.54) is 0 Å². The maximum atomic E-state index is 11.7. The second-order valence-corrected chi connectivity index (χ2v) is 5.08. The normalized spacial score (nSPS) is 45.0. The van der Waals surface area contributed by atoms with Crippen LogP contribution in [0.3, 0.4) is 0 Å². The van der Waals surface area contributed by atoms with Crippen molar-refractivity contribution in [2.75, 3.05) is 13.3 Å². The van der Waals surface area contributed by atoms with Gasteiger partial charge in [-0.3, -0.25) is 15.4 Å². The molecule has 7 heteroatoms. The van der Waals surface area contributed by atoms with E-state index in [2.05, 4.69) is 22.9 Å². The van der Waals surface area contributed by atoms with Crippen molar-refractivity contribution in [2.45, 2.75) is 50.4 Å². The summed E-state index contributed by atoms with van der Waals surface area (Å²) in [6.45, 7) is 3.06. The van der Waals surface area contributed by atoms with Gasteiger partial charge in [-0.2, -0.15) is 0 Å². The fourth-order valence-corrected chi connectivity index (χ4v) is 2.97. The van der Waals surface area contributed by atoms with Gasteiger partial charge in [-0.15, -0.1) is 0 Å². The van der Waals surface area contributed by atoms with Crippen molar-refractivity contribution in [1.82, 2.24) is 20.9 Å². The molecular formula is C11H20N4O3. The van der Waals surface area contributed by atoms with Crippen molar-refractivity contribution in [2.24, 2.45) is 0 Å². The third kappa shape index (κ3) is 1.92. The lowest BCUT2D eigenvalue weighted by molar-refractivity contribution is -0.130. The number of carbonyl (C=O) groups is 1. The zero-order chi connectivity index (χ0) is 12.7. The first kappa shape index (κ1) is 12.3. The third-order valence-corrected chi connectivity index (χ3v) is 3.97. The van der Waals surface area contributed by atoms with Gasteiger partial charge >= 0.3 is 0 Å². The smallest absolute Gasteiger partial charge is 0.241 e. The van der Waals surface area contributed by atoms with Crippen LogP contribution in [-0.2, 0) is 9.53 Å². The first-order valence-corrected chi connectivity index (χ1v) is 6.54. The number of amides is 1. The molecular weight excluding hydrogens is 236 g/mol. The lowest BCUT2D eigenvalue weighted by atomic mass is 10.1. The number of hydrogen-bond donors (Lipinski definition) is 4. The van der Waals surface area contributed by atoms with Crippen LogP contribution in [-0.4, -0.2) is 59.9 Å². The Bertz CT molecular complexity index is 340. The molecule has 18 heavy (non-hydrogen) atoms. The summed E-state index contributed by atoms with van der Waals surface area (Å²) in [6.07, 6.45) is 0.770. The number of ether oxygens (including phenoxy) is 1. The number of fused-ring (bicyclic) bond motifs is 1. The van der Waals surface area contributed by atoms with Gasteiger partial charge in [0.1, 0.15) is 12.3 Å². The molecule has 1 amide bonds. The summed E-state index contributed by atoms with van der Waals surface area (Å²) in [6, 6.07) is -0.268. The lowest BCUT2D eigenvalue weighted by Crippen LogP contribution is -2.64. The van der Waals surface area contributed by atoms with Gasteiger partial charge in [0.05, 0.1) is 31.7 Å². The quantitative estimate of drug-likeness (QED) is 0.462. The topological polar surface area (TPSA) is 85.9 Å². The highest BCUT2D eigenvalue weighted by Gasteiger charge is 2.48. The van der Waals surface area contributed by atoms with Gasteiger partial charge in [0.2, 0.25) is 5.91 Å². The summed E-state index contributed by atoms with van der Waals surface area (Å²) in [5, 5.41) is 19.2. The SMILES string of the molecule is CCC1CC(O)C(N2CNC3C(=O)NCNC32)O1. The van der Waals surface area contributed by atoms with E-state index in [1.54, 1.807) is 0 Å². The van der Waals surface area contributed by atoms with Crippen LogP contribution >= 0.6 is 0 Å². The van der Waals surface area contributed by atoms with Gasteiger partial charge in [0.25, 0.3) is 0 Å². The molecule has 0 aromatic heterocycles. The Morgan fingerprint density at radius 3 is 3.06 bits per heavy atom. The standard InChI is InChI=1S/C11H20N4O3/c1-2-6-3-7(16)11(18-6)15-5-14-8-9(15)12-4-13-10(8)17/h6-9,11-12,14,16H,2-5H2,1H3,(H,13,17). The van der Waals surface area contributed by atoms with E-state index < -0.39 is 6.10 Å².